The average molecular weight is 288 g/mol. The number of non-ortho nitro benzene ring substituents is 1. The molecule has 0 heterocycles. The predicted molar refractivity (Wildman–Crippen MR) is 66.2 cm³/mol. The second-order valence-corrected chi connectivity index (χ2v) is 6.03. The summed E-state index contributed by atoms with van der Waals surface area (Å²) in [6, 6.07) is 3.50. The van der Waals surface area contributed by atoms with Crippen LogP contribution < -0.4 is 5.73 Å². The van der Waals surface area contributed by atoms with Crippen molar-refractivity contribution in [1.82, 2.24) is 0 Å². The van der Waals surface area contributed by atoms with Crippen LogP contribution in [0.3, 0.4) is 0 Å². The molecule has 1 unspecified atom stereocenters. The first-order chi connectivity index (χ1) is 8.71. The fourth-order valence-corrected chi connectivity index (χ4v) is 2.88. The molecular weight excluding hydrogens is 276 g/mol. The Morgan fingerprint density at radius 1 is 1.37 bits per heavy atom. The van der Waals surface area contributed by atoms with Crippen molar-refractivity contribution in [3.05, 3.63) is 39.9 Å². The van der Waals surface area contributed by atoms with E-state index in [1.165, 1.54) is 24.3 Å². The molecule has 0 aliphatic carbocycles. The van der Waals surface area contributed by atoms with E-state index in [4.69, 9.17) is 10.8 Å². The lowest BCUT2D eigenvalue weighted by Crippen LogP contribution is -2.37. The first kappa shape index (κ1) is 15.1. The lowest BCUT2D eigenvalue weighted by Gasteiger charge is -2.07. The van der Waals surface area contributed by atoms with Crippen LogP contribution in [0.25, 0.3) is 0 Å². The van der Waals surface area contributed by atoms with Crippen LogP contribution in [-0.4, -0.2) is 36.2 Å². The number of nitro benzene ring substituents is 1. The second kappa shape index (κ2) is 5.76. The van der Waals surface area contributed by atoms with E-state index in [1.807, 2.05) is 0 Å². The van der Waals surface area contributed by atoms with E-state index in [2.05, 4.69) is 0 Å². The van der Waals surface area contributed by atoms with E-state index in [9.17, 15) is 23.3 Å². The van der Waals surface area contributed by atoms with Crippen LogP contribution in [0.5, 0.6) is 0 Å². The minimum atomic E-state index is -3.69. The van der Waals surface area contributed by atoms with Crippen LogP contribution in [0.1, 0.15) is 5.56 Å². The molecule has 0 spiro atoms. The molecule has 0 bridgehead atoms. The molecule has 3 N–H and O–H groups in total. The molecule has 0 fully saturated rings. The molecule has 0 aliphatic rings. The molecule has 19 heavy (non-hydrogen) atoms. The van der Waals surface area contributed by atoms with Crippen molar-refractivity contribution in [2.45, 2.75) is 11.8 Å². The normalized spacial score (nSPS) is 12.9. The SMILES string of the molecule is NC(CS(=O)(=O)Cc1ccc([N+](=O)[O-])cc1)C(=O)O. The zero-order valence-electron chi connectivity index (χ0n) is 9.72. The van der Waals surface area contributed by atoms with Crippen LogP contribution in [0.4, 0.5) is 5.69 Å². The van der Waals surface area contributed by atoms with Gasteiger partial charge in [0.1, 0.15) is 6.04 Å². The third-order valence-corrected chi connectivity index (χ3v) is 3.92. The summed E-state index contributed by atoms with van der Waals surface area (Å²) >= 11 is 0. The Morgan fingerprint density at radius 3 is 2.32 bits per heavy atom. The van der Waals surface area contributed by atoms with E-state index < -0.39 is 38.3 Å². The summed E-state index contributed by atoms with van der Waals surface area (Å²) in [5.74, 6) is -2.49. The first-order valence-corrected chi connectivity index (χ1v) is 6.95. The fourth-order valence-electron chi connectivity index (χ4n) is 1.37. The van der Waals surface area contributed by atoms with Gasteiger partial charge in [0.25, 0.3) is 5.69 Å². The molecule has 1 atom stereocenters. The summed E-state index contributed by atoms with van der Waals surface area (Å²) in [5.41, 5.74) is 5.34. The van der Waals surface area contributed by atoms with Gasteiger partial charge in [-0.15, -0.1) is 0 Å². The number of rotatable bonds is 6. The molecule has 1 rings (SSSR count). The molecule has 104 valence electrons. The monoisotopic (exact) mass is 288 g/mol. The minimum absolute atomic E-state index is 0.150. The number of hydrogen-bond acceptors (Lipinski definition) is 6. The van der Waals surface area contributed by atoms with Crippen LogP contribution in [0.2, 0.25) is 0 Å². The number of carboxylic acid groups (broad SMARTS) is 1. The maximum absolute atomic E-state index is 11.7. The van der Waals surface area contributed by atoms with Crippen molar-refractivity contribution in [2.75, 3.05) is 5.75 Å². The number of nitrogens with two attached hydrogens (primary N) is 1. The van der Waals surface area contributed by atoms with E-state index in [-0.39, 0.29) is 5.69 Å². The number of carboxylic acids is 1. The van der Waals surface area contributed by atoms with Crippen molar-refractivity contribution in [2.24, 2.45) is 5.73 Å². The summed E-state index contributed by atoms with van der Waals surface area (Å²) < 4.78 is 23.3. The highest BCUT2D eigenvalue weighted by atomic mass is 32.2. The van der Waals surface area contributed by atoms with Crippen molar-refractivity contribution in [3.63, 3.8) is 0 Å². The molecule has 1 aromatic carbocycles. The predicted octanol–water partition coefficient (Wildman–Crippen LogP) is -0.0785. The summed E-state index contributed by atoms with van der Waals surface area (Å²) in [4.78, 5) is 20.3. The lowest BCUT2D eigenvalue weighted by molar-refractivity contribution is -0.384. The van der Waals surface area contributed by atoms with Gasteiger partial charge in [-0.2, -0.15) is 0 Å². The van der Waals surface area contributed by atoms with Gasteiger partial charge in [-0.05, 0) is 5.56 Å². The van der Waals surface area contributed by atoms with Gasteiger partial charge in [0.2, 0.25) is 0 Å². The maximum Gasteiger partial charge on any atom is 0.321 e. The zero-order chi connectivity index (χ0) is 14.6. The van der Waals surface area contributed by atoms with E-state index in [1.54, 1.807) is 0 Å². The molecule has 1 aromatic rings. The van der Waals surface area contributed by atoms with Gasteiger partial charge in [0.15, 0.2) is 9.84 Å². The van der Waals surface area contributed by atoms with Crippen molar-refractivity contribution >= 4 is 21.5 Å². The van der Waals surface area contributed by atoms with Gasteiger partial charge in [0, 0.05) is 12.1 Å². The number of nitro groups is 1. The fraction of sp³-hybridized carbons (Fsp3) is 0.300. The van der Waals surface area contributed by atoms with Gasteiger partial charge in [-0.25, -0.2) is 8.42 Å². The van der Waals surface area contributed by atoms with Crippen LogP contribution in [0.15, 0.2) is 24.3 Å². The van der Waals surface area contributed by atoms with E-state index in [0.29, 0.717) is 5.56 Å². The Hall–Kier alpha value is -2.00. The van der Waals surface area contributed by atoms with Gasteiger partial charge < -0.3 is 10.8 Å². The lowest BCUT2D eigenvalue weighted by atomic mass is 10.2. The van der Waals surface area contributed by atoms with Crippen molar-refractivity contribution in [3.8, 4) is 0 Å². The summed E-state index contributed by atoms with van der Waals surface area (Å²) in [5, 5.41) is 19.0. The highest BCUT2D eigenvalue weighted by Crippen LogP contribution is 2.14. The maximum atomic E-state index is 11.7. The van der Waals surface area contributed by atoms with E-state index in [0.717, 1.165) is 0 Å². The molecular formula is C10H12N2O6S. The Balaban J connectivity index is 2.78. The minimum Gasteiger partial charge on any atom is -0.480 e. The molecule has 0 aliphatic heterocycles. The number of aliphatic carboxylic acids is 1. The highest BCUT2D eigenvalue weighted by molar-refractivity contribution is 7.90. The third-order valence-electron chi connectivity index (χ3n) is 2.28. The Morgan fingerprint density at radius 2 is 1.89 bits per heavy atom. The van der Waals surface area contributed by atoms with Gasteiger partial charge in [-0.1, -0.05) is 12.1 Å². The number of sulfone groups is 1. The number of hydrogen-bond donors (Lipinski definition) is 2. The second-order valence-electron chi connectivity index (χ2n) is 3.92. The van der Waals surface area contributed by atoms with E-state index >= 15 is 0 Å². The standard InChI is InChI=1S/C10H12N2O6S/c11-9(10(13)14)6-19(17,18)5-7-1-3-8(4-2-7)12(15)16/h1-4,9H,5-6,11H2,(H,13,14). The summed E-state index contributed by atoms with van der Waals surface area (Å²) in [6.07, 6.45) is 0. The summed E-state index contributed by atoms with van der Waals surface area (Å²) in [6.45, 7) is 0. The van der Waals surface area contributed by atoms with Gasteiger partial charge in [-0.3, -0.25) is 14.9 Å². The number of nitrogens with zero attached hydrogens (tertiary/aromatic N) is 1. The van der Waals surface area contributed by atoms with Crippen LogP contribution >= 0.6 is 0 Å². The Bertz CT molecular complexity index is 581. The first-order valence-electron chi connectivity index (χ1n) is 5.13. The quantitative estimate of drug-likeness (QED) is 0.551. The van der Waals surface area contributed by atoms with Gasteiger partial charge in [0.05, 0.1) is 16.4 Å². The average Bonchev–Trinajstić information content (AvgIpc) is 2.28. The van der Waals surface area contributed by atoms with Crippen molar-refractivity contribution in [1.29, 1.82) is 0 Å². The number of carbonyl (C=O) groups is 1. The molecule has 9 heteroatoms. The topological polar surface area (TPSA) is 141 Å². The Kier molecular flexibility index (Phi) is 4.57. The highest BCUT2D eigenvalue weighted by Gasteiger charge is 2.22. The van der Waals surface area contributed by atoms with Crippen molar-refractivity contribution < 1.29 is 23.2 Å². The van der Waals surface area contributed by atoms with Gasteiger partial charge >= 0.3 is 5.97 Å². The Labute approximate surface area is 108 Å². The van der Waals surface area contributed by atoms with Crippen LogP contribution in [0, 0.1) is 10.1 Å². The molecule has 0 amide bonds. The smallest absolute Gasteiger partial charge is 0.321 e. The number of benzene rings is 1. The zero-order valence-corrected chi connectivity index (χ0v) is 10.5. The van der Waals surface area contributed by atoms with Crippen LogP contribution in [-0.2, 0) is 20.4 Å². The third kappa shape index (κ3) is 4.64. The molecule has 8 nitrogen and oxygen atoms in total. The molecule has 0 saturated heterocycles. The molecule has 0 saturated carbocycles. The molecule has 0 aromatic heterocycles. The molecule has 0 radical (unpaired) electrons. The summed E-state index contributed by atoms with van der Waals surface area (Å²) in [7, 11) is -3.69. The largest absolute Gasteiger partial charge is 0.480 e.